The lowest BCUT2D eigenvalue weighted by atomic mass is 9.93. The zero-order valence-electron chi connectivity index (χ0n) is 8.98. The minimum atomic E-state index is -0.757. The molecule has 1 aliphatic rings. The van der Waals surface area contributed by atoms with E-state index in [1.54, 1.807) is 11.8 Å². The lowest BCUT2D eigenvalue weighted by Crippen LogP contribution is -2.46. The first kappa shape index (κ1) is 12.0. The van der Waals surface area contributed by atoms with Crippen LogP contribution in [0.2, 0.25) is 0 Å². The highest BCUT2D eigenvalue weighted by Gasteiger charge is 2.25. The van der Waals surface area contributed by atoms with Crippen molar-refractivity contribution in [1.29, 1.82) is 0 Å². The van der Waals surface area contributed by atoms with Crippen LogP contribution in [0, 0.1) is 5.92 Å². The monoisotopic (exact) mass is 214 g/mol. The molecule has 0 unspecified atom stereocenters. The summed E-state index contributed by atoms with van der Waals surface area (Å²) >= 11 is 0. The Hall–Kier alpha value is -1.10. The van der Waals surface area contributed by atoms with Crippen LogP contribution in [0.5, 0.6) is 0 Å². The number of carbonyl (C=O) groups excluding carboxylic acids is 1. The Labute approximate surface area is 89.2 Å². The number of hydrogen-bond acceptors (Lipinski definition) is 3. The maximum absolute atomic E-state index is 11.5. The van der Waals surface area contributed by atoms with Gasteiger partial charge in [0, 0.05) is 19.5 Å². The van der Waals surface area contributed by atoms with E-state index in [4.69, 9.17) is 10.8 Å². The predicted molar refractivity (Wildman–Crippen MR) is 55.2 cm³/mol. The van der Waals surface area contributed by atoms with E-state index in [2.05, 4.69) is 0 Å². The van der Waals surface area contributed by atoms with Crippen LogP contribution in [-0.4, -0.2) is 41.0 Å². The summed E-state index contributed by atoms with van der Waals surface area (Å²) in [4.78, 5) is 23.7. The Morgan fingerprint density at radius 1 is 1.47 bits per heavy atom. The molecule has 0 aromatic heterocycles. The average molecular weight is 214 g/mol. The van der Waals surface area contributed by atoms with Crippen LogP contribution in [0.3, 0.4) is 0 Å². The van der Waals surface area contributed by atoms with Crippen LogP contribution in [0.25, 0.3) is 0 Å². The van der Waals surface area contributed by atoms with E-state index >= 15 is 0 Å². The van der Waals surface area contributed by atoms with Crippen molar-refractivity contribution in [1.82, 2.24) is 4.90 Å². The maximum Gasteiger partial charge on any atom is 0.303 e. The molecule has 1 aliphatic heterocycles. The van der Waals surface area contributed by atoms with Gasteiger partial charge in [-0.2, -0.15) is 0 Å². The van der Waals surface area contributed by atoms with Gasteiger partial charge in [0.15, 0.2) is 0 Å². The molecular weight excluding hydrogens is 196 g/mol. The first-order valence-corrected chi connectivity index (χ1v) is 5.27. The smallest absolute Gasteiger partial charge is 0.303 e. The molecular formula is C10H18N2O3. The van der Waals surface area contributed by atoms with Crippen LogP contribution < -0.4 is 5.73 Å². The van der Waals surface area contributed by atoms with Crippen LogP contribution in [0.15, 0.2) is 0 Å². The van der Waals surface area contributed by atoms with E-state index in [9.17, 15) is 9.59 Å². The van der Waals surface area contributed by atoms with Crippen LogP contribution in [-0.2, 0) is 9.59 Å². The van der Waals surface area contributed by atoms with Gasteiger partial charge in [0.25, 0.3) is 0 Å². The number of aliphatic carboxylic acids is 1. The number of carboxylic acids is 1. The van der Waals surface area contributed by atoms with Crippen molar-refractivity contribution < 1.29 is 14.7 Å². The van der Waals surface area contributed by atoms with E-state index in [1.165, 1.54) is 0 Å². The third-order valence-corrected chi connectivity index (χ3v) is 2.78. The third-order valence-electron chi connectivity index (χ3n) is 2.78. The first-order chi connectivity index (χ1) is 7.00. The van der Waals surface area contributed by atoms with Crippen LogP contribution in [0.4, 0.5) is 0 Å². The number of likely N-dealkylation sites (tertiary alicyclic amines) is 1. The molecule has 0 radical (unpaired) electrons. The summed E-state index contributed by atoms with van der Waals surface area (Å²) in [5.74, 6) is -0.588. The van der Waals surface area contributed by atoms with E-state index in [-0.39, 0.29) is 18.2 Å². The summed E-state index contributed by atoms with van der Waals surface area (Å²) in [6.07, 6.45) is 1.75. The molecule has 3 N–H and O–H groups in total. The molecule has 1 saturated heterocycles. The summed E-state index contributed by atoms with van der Waals surface area (Å²) in [6.45, 7) is 2.95. The Balaban J connectivity index is 2.35. The number of carboxylic acid groups (broad SMARTS) is 1. The summed E-state index contributed by atoms with van der Waals surface area (Å²) in [6, 6.07) is -0.457. The van der Waals surface area contributed by atoms with Gasteiger partial charge in [-0.15, -0.1) is 0 Å². The fourth-order valence-corrected chi connectivity index (χ4v) is 1.89. The van der Waals surface area contributed by atoms with Crippen molar-refractivity contribution in [2.24, 2.45) is 11.7 Å². The van der Waals surface area contributed by atoms with Crippen LogP contribution in [0.1, 0.15) is 26.2 Å². The second-order valence-corrected chi connectivity index (χ2v) is 4.16. The molecule has 0 aromatic rings. The number of piperidine rings is 1. The molecule has 1 heterocycles. The highest BCUT2D eigenvalue weighted by Crippen LogP contribution is 2.20. The van der Waals surface area contributed by atoms with Crippen molar-refractivity contribution in [3.63, 3.8) is 0 Å². The molecule has 86 valence electrons. The Morgan fingerprint density at radius 2 is 2.00 bits per heavy atom. The Bertz CT molecular complexity index is 245. The Morgan fingerprint density at radius 3 is 2.40 bits per heavy atom. The van der Waals surface area contributed by atoms with Crippen molar-refractivity contribution in [3.8, 4) is 0 Å². The molecule has 0 aliphatic carbocycles. The SMILES string of the molecule is C[C@@H](N)C(=O)N1CCC(CC(=O)O)CC1. The molecule has 0 spiro atoms. The van der Waals surface area contributed by atoms with Gasteiger partial charge in [0.1, 0.15) is 0 Å². The van der Waals surface area contributed by atoms with Gasteiger partial charge < -0.3 is 15.7 Å². The second-order valence-electron chi connectivity index (χ2n) is 4.16. The molecule has 1 atom stereocenters. The highest BCUT2D eigenvalue weighted by atomic mass is 16.4. The van der Waals surface area contributed by atoms with Gasteiger partial charge in [0.05, 0.1) is 6.04 Å². The largest absolute Gasteiger partial charge is 0.481 e. The number of rotatable bonds is 3. The summed E-state index contributed by atoms with van der Waals surface area (Å²) in [7, 11) is 0. The minimum Gasteiger partial charge on any atom is -0.481 e. The van der Waals surface area contributed by atoms with Crippen molar-refractivity contribution in [3.05, 3.63) is 0 Å². The summed E-state index contributed by atoms with van der Waals surface area (Å²) in [5.41, 5.74) is 5.50. The van der Waals surface area contributed by atoms with Gasteiger partial charge in [-0.3, -0.25) is 9.59 Å². The van der Waals surface area contributed by atoms with Gasteiger partial charge in [-0.05, 0) is 25.7 Å². The quantitative estimate of drug-likeness (QED) is 0.695. The lowest BCUT2D eigenvalue weighted by Gasteiger charge is -2.32. The minimum absolute atomic E-state index is 0.0382. The van der Waals surface area contributed by atoms with Gasteiger partial charge in [-0.1, -0.05) is 0 Å². The molecule has 5 heteroatoms. The molecule has 0 aromatic carbocycles. The fourth-order valence-electron chi connectivity index (χ4n) is 1.89. The van der Waals surface area contributed by atoms with E-state index in [0.717, 1.165) is 12.8 Å². The molecule has 5 nitrogen and oxygen atoms in total. The second kappa shape index (κ2) is 5.11. The maximum atomic E-state index is 11.5. The number of nitrogens with two attached hydrogens (primary N) is 1. The van der Waals surface area contributed by atoms with Crippen LogP contribution >= 0.6 is 0 Å². The molecule has 1 fully saturated rings. The number of hydrogen-bond donors (Lipinski definition) is 2. The summed E-state index contributed by atoms with van der Waals surface area (Å²) < 4.78 is 0. The molecule has 1 rings (SSSR count). The number of amides is 1. The zero-order chi connectivity index (χ0) is 11.4. The van der Waals surface area contributed by atoms with Crippen molar-refractivity contribution in [2.75, 3.05) is 13.1 Å². The first-order valence-electron chi connectivity index (χ1n) is 5.27. The number of nitrogens with zero attached hydrogens (tertiary/aromatic N) is 1. The van der Waals surface area contributed by atoms with Crippen molar-refractivity contribution in [2.45, 2.75) is 32.2 Å². The number of carbonyl (C=O) groups is 2. The normalized spacial score (nSPS) is 20.0. The highest BCUT2D eigenvalue weighted by molar-refractivity contribution is 5.81. The van der Waals surface area contributed by atoms with E-state index < -0.39 is 12.0 Å². The van der Waals surface area contributed by atoms with Crippen molar-refractivity contribution >= 4 is 11.9 Å². The topological polar surface area (TPSA) is 83.6 Å². The van der Waals surface area contributed by atoms with Gasteiger partial charge in [0.2, 0.25) is 5.91 Å². The lowest BCUT2D eigenvalue weighted by molar-refractivity contribution is -0.138. The molecule has 1 amide bonds. The third kappa shape index (κ3) is 3.51. The van der Waals surface area contributed by atoms with Gasteiger partial charge in [-0.25, -0.2) is 0 Å². The standard InChI is InChI=1S/C10H18N2O3/c1-7(11)10(15)12-4-2-8(3-5-12)6-9(13)14/h7-8H,2-6,11H2,1H3,(H,13,14)/t7-/m1/s1. The Kier molecular flexibility index (Phi) is 4.08. The van der Waals surface area contributed by atoms with E-state index in [1.807, 2.05) is 0 Å². The molecule has 0 saturated carbocycles. The van der Waals surface area contributed by atoms with Gasteiger partial charge >= 0.3 is 5.97 Å². The average Bonchev–Trinajstić information content (AvgIpc) is 2.17. The summed E-state index contributed by atoms with van der Waals surface area (Å²) in [5, 5.41) is 8.63. The molecule has 0 bridgehead atoms. The molecule has 15 heavy (non-hydrogen) atoms. The zero-order valence-corrected chi connectivity index (χ0v) is 8.98. The fraction of sp³-hybridized carbons (Fsp3) is 0.800. The van der Waals surface area contributed by atoms with E-state index in [0.29, 0.717) is 13.1 Å². The predicted octanol–water partition coefficient (Wildman–Crippen LogP) is 0.0469.